The molecular weight excluding hydrogens is 342 g/mol. The van der Waals surface area contributed by atoms with Crippen molar-refractivity contribution >= 4 is 24.0 Å². The number of ether oxygens (including phenoxy) is 1. The largest absolute Gasteiger partial charge is 0.480 e. The molecule has 0 aromatic heterocycles. The van der Waals surface area contributed by atoms with Crippen molar-refractivity contribution in [2.45, 2.75) is 39.0 Å². The van der Waals surface area contributed by atoms with E-state index >= 15 is 0 Å². The van der Waals surface area contributed by atoms with Crippen LogP contribution in [0.5, 0.6) is 0 Å². The van der Waals surface area contributed by atoms with Gasteiger partial charge in [0.2, 0.25) is 0 Å². The molecule has 0 bridgehead atoms. The maximum absolute atomic E-state index is 12.2. The average Bonchev–Trinajstić information content (AvgIpc) is 2.79. The van der Waals surface area contributed by atoms with Crippen molar-refractivity contribution in [1.29, 1.82) is 0 Å². The van der Waals surface area contributed by atoms with Crippen LogP contribution in [-0.2, 0) is 20.9 Å². The number of carbonyl (C=O) groups excluding carboxylic acids is 3. The van der Waals surface area contributed by atoms with Crippen molar-refractivity contribution in [3.05, 3.63) is 35.4 Å². The Bertz CT molecular complexity index is 723. The lowest BCUT2D eigenvalue weighted by atomic mass is 10.0. The summed E-state index contributed by atoms with van der Waals surface area (Å²) >= 11 is 0. The fourth-order valence-corrected chi connectivity index (χ4v) is 2.35. The number of hydrogen-bond acceptors (Lipinski definition) is 5. The van der Waals surface area contributed by atoms with Crippen LogP contribution in [0.15, 0.2) is 24.3 Å². The molecule has 1 aromatic rings. The first kappa shape index (κ1) is 19.2. The van der Waals surface area contributed by atoms with Gasteiger partial charge in [0.1, 0.15) is 18.2 Å². The summed E-state index contributed by atoms with van der Waals surface area (Å²) < 4.78 is 5.14. The summed E-state index contributed by atoms with van der Waals surface area (Å²) in [7, 11) is 0. The number of imide groups is 1. The summed E-state index contributed by atoms with van der Waals surface area (Å²) in [5.41, 5.74) is 0.715. The van der Waals surface area contributed by atoms with E-state index in [1.165, 1.54) is 0 Å². The van der Waals surface area contributed by atoms with Crippen molar-refractivity contribution < 1.29 is 29.0 Å². The topological polar surface area (TPSA) is 125 Å². The first-order valence-electron chi connectivity index (χ1n) is 7.96. The minimum atomic E-state index is -1.27. The molecule has 3 N–H and O–H groups in total. The third-order valence-corrected chi connectivity index (χ3v) is 3.47. The number of alkyl carbamates (subject to hydrolysis) is 1. The second-order valence-electron chi connectivity index (χ2n) is 6.80. The number of urea groups is 1. The fourth-order valence-electron chi connectivity index (χ4n) is 2.35. The molecule has 0 saturated carbocycles. The van der Waals surface area contributed by atoms with E-state index in [4.69, 9.17) is 9.84 Å². The molecule has 1 atom stereocenters. The number of hydrogen-bond donors (Lipinski definition) is 3. The maximum Gasteiger partial charge on any atom is 0.407 e. The molecular formula is C17H21N3O6. The standard InChI is InChI=1S/C17H21N3O6/c1-17(2,3)26-16(25)18-8-10-4-6-11(7-5-10)13-14(23)20(9-12(21)22)15(24)19-13/h4-7,13H,8-9H2,1-3H3,(H,18,25)(H,19,24)(H,21,22)/t13-/m1/s1. The molecule has 2 rings (SSSR count). The van der Waals surface area contributed by atoms with Crippen molar-refractivity contribution in [2.24, 2.45) is 0 Å². The van der Waals surface area contributed by atoms with E-state index < -0.39 is 42.2 Å². The maximum atomic E-state index is 12.2. The lowest BCUT2D eigenvalue weighted by molar-refractivity contribution is -0.141. The normalized spacial score (nSPS) is 17.0. The molecule has 9 nitrogen and oxygen atoms in total. The van der Waals surface area contributed by atoms with Gasteiger partial charge in [0, 0.05) is 6.54 Å². The Morgan fingerprint density at radius 1 is 1.23 bits per heavy atom. The van der Waals surface area contributed by atoms with Crippen LogP contribution in [0.2, 0.25) is 0 Å². The van der Waals surface area contributed by atoms with Crippen molar-refractivity contribution in [2.75, 3.05) is 6.54 Å². The molecule has 4 amide bonds. The number of nitrogens with zero attached hydrogens (tertiary/aromatic N) is 1. The third kappa shape index (κ3) is 4.95. The Balaban J connectivity index is 1.97. The first-order chi connectivity index (χ1) is 12.1. The van der Waals surface area contributed by atoms with Gasteiger partial charge in [-0.1, -0.05) is 24.3 Å². The zero-order valence-corrected chi connectivity index (χ0v) is 14.7. The quantitative estimate of drug-likeness (QED) is 0.679. The van der Waals surface area contributed by atoms with E-state index in [1.54, 1.807) is 45.0 Å². The van der Waals surface area contributed by atoms with Gasteiger partial charge >= 0.3 is 18.1 Å². The predicted octanol–water partition coefficient (Wildman–Crippen LogP) is 1.39. The molecule has 1 aromatic carbocycles. The van der Waals surface area contributed by atoms with Crippen LogP contribution in [0.3, 0.4) is 0 Å². The van der Waals surface area contributed by atoms with E-state index in [9.17, 15) is 19.2 Å². The zero-order valence-electron chi connectivity index (χ0n) is 14.7. The van der Waals surface area contributed by atoms with Crippen molar-refractivity contribution in [3.8, 4) is 0 Å². The molecule has 1 saturated heterocycles. The molecule has 26 heavy (non-hydrogen) atoms. The average molecular weight is 363 g/mol. The number of rotatable bonds is 5. The van der Waals surface area contributed by atoms with Gasteiger partial charge in [0.25, 0.3) is 5.91 Å². The van der Waals surface area contributed by atoms with Crippen molar-refractivity contribution in [1.82, 2.24) is 15.5 Å². The Labute approximate surface area is 150 Å². The minimum absolute atomic E-state index is 0.241. The van der Waals surface area contributed by atoms with E-state index in [2.05, 4.69) is 10.6 Å². The molecule has 0 aliphatic carbocycles. The second-order valence-corrected chi connectivity index (χ2v) is 6.80. The molecule has 0 radical (unpaired) electrons. The van der Waals surface area contributed by atoms with Gasteiger partial charge in [-0.05, 0) is 31.9 Å². The summed E-state index contributed by atoms with van der Waals surface area (Å²) in [6.45, 7) is 4.86. The number of carboxylic acid groups (broad SMARTS) is 1. The highest BCUT2D eigenvalue weighted by atomic mass is 16.6. The van der Waals surface area contributed by atoms with E-state index in [-0.39, 0.29) is 6.54 Å². The summed E-state index contributed by atoms with van der Waals surface area (Å²) in [6.07, 6.45) is -0.538. The van der Waals surface area contributed by atoms with Gasteiger partial charge in [0.15, 0.2) is 0 Å². The first-order valence-corrected chi connectivity index (χ1v) is 7.96. The van der Waals surface area contributed by atoms with E-state index in [0.29, 0.717) is 10.5 Å². The van der Waals surface area contributed by atoms with Crippen molar-refractivity contribution in [3.63, 3.8) is 0 Å². The highest BCUT2D eigenvalue weighted by molar-refractivity contribution is 6.06. The van der Waals surface area contributed by atoms with Gasteiger partial charge in [0.05, 0.1) is 0 Å². The van der Waals surface area contributed by atoms with Crippen LogP contribution in [-0.4, -0.2) is 46.2 Å². The van der Waals surface area contributed by atoms with Crippen LogP contribution in [0.4, 0.5) is 9.59 Å². The molecule has 9 heteroatoms. The number of nitrogens with one attached hydrogen (secondary N) is 2. The molecule has 140 valence electrons. The fraction of sp³-hybridized carbons (Fsp3) is 0.412. The van der Waals surface area contributed by atoms with E-state index in [1.807, 2.05) is 0 Å². The Morgan fingerprint density at radius 2 is 1.85 bits per heavy atom. The molecule has 0 unspecified atom stereocenters. The zero-order chi connectivity index (χ0) is 19.5. The third-order valence-electron chi connectivity index (χ3n) is 3.47. The molecule has 0 spiro atoms. The molecule has 1 fully saturated rings. The van der Waals surface area contributed by atoms with Crippen LogP contribution in [0, 0.1) is 0 Å². The van der Waals surface area contributed by atoms with Gasteiger partial charge in [-0.25, -0.2) is 9.59 Å². The Kier molecular flexibility index (Phi) is 5.49. The number of amides is 4. The SMILES string of the molecule is CC(C)(C)OC(=O)NCc1ccc([C@H]2NC(=O)N(CC(=O)O)C2=O)cc1. The van der Waals surface area contributed by atoms with Gasteiger partial charge < -0.3 is 20.5 Å². The summed E-state index contributed by atoms with van der Waals surface area (Å²) in [4.78, 5) is 46.9. The van der Waals surface area contributed by atoms with E-state index in [0.717, 1.165) is 5.56 Å². The van der Waals surface area contributed by atoms with Gasteiger partial charge in [-0.3, -0.25) is 14.5 Å². The Morgan fingerprint density at radius 3 is 2.38 bits per heavy atom. The number of aliphatic carboxylic acids is 1. The number of carboxylic acids is 1. The molecule has 1 aliphatic rings. The summed E-state index contributed by atoms with van der Waals surface area (Å²) in [5.74, 6) is -1.88. The highest BCUT2D eigenvalue weighted by Crippen LogP contribution is 2.22. The van der Waals surface area contributed by atoms with Gasteiger partial charge in [-0.15, -0.1) is 0 Å². The van der Waals surface area contributed by atoms with Crippen LogP contribution < -0.4 is 10.6 Å². The van der Waals surface area contributed by atoms with Crippen LogP contribution in [0.25, 0.3) is 0 Å². The lowest BCUT2D eigenvalue weighted by Crippen LogP contribution is -2.35. The summed E-state index contributed by atoms with van der Waals surface area (Å²) in [5, 5.41) is 13.8. The minimum Gasteiger partial charge on any atom is -0.480 e. The molecule has 1 heterocycles. The lowest BCUT2D eigenvalue weighted by Gasteiger charge is -2.19. The highest BCUT2D eigenvalue weighted by Gasteiger charge is 2.39. The summed E-state index contributed by atoms with van der Waals surface area (Å²) in [6, 6.07) is 5.02. The van der Waals surface area contributed by atoms with Crippen LogP contribution >= 0.6 is 0 Å². The predicted molar refractivity (Wildman–Crippen MR) is 90.1 cm³/mol. The smallest absolute Gasteiger partial charge is 0.407 e. The number of benzene rings is 1. The van der Waals surface area contributed by atoms with Gasteiger partial charge in [-0.2, -0.15) is 0 Å². The molecule has 1 aliphatic heterocycles. The van der Waals surface area contributed by atoms with Crippen LogP contribution in [0.1, 0.15) is 37.9 Å². The number of carbonyl (C=O) groups is 4. The Hall–Kier alpha value is -3.10. The second kappa shape index (κ2) is 7.42. The monoisotopic (exact) mass is 363 g/mol.